The standard InChI is InChI=1S/C20H24FN5O4S/c1-12-8-9-15(6-4-5-7-17(27)28)18(14(12)3)25-31(29,30)20-23-19-22-16(11-21)10-13(2)26(19)24-20/h8-10,25H,4-7,11H2,1-3H3,(H,27,28). The molecule has 166 valence electrons. The molecule has 2 N–H and O–H groups in total. The van der Waals surface area contributed by atoms with E-state index in [4.69, 9.17) is 5.11 Å². The molecule has 31 heavy (non-hydrogen) atoms. The quantitative estimate of drug-likeness (QED) is 0.481. The minimum Gasteiger partial charge on any atom is -0.481 e. The summed E-state index contributed by atoms with van der Waals surface area (Å²) < 4.78 is 42.9. The second kappa shape index (κ2) is 8.96. The number of halogens is 1. The average Bonchev–Trinajstić information content (AvgIpc) is 3.15. The number of hydrogen-bond acceptors (Lipinski definition) is 6. The van der Waals surface area contributed by atoms with Gasteiger partial charge < -0.3 is 5.11 Å². The number of hydrogen-bond donors (Lipinski definition) is 2. The van der Waals surface area contributed by atoms with Crippen molar-refractivity contribution in [2.45, 2.75) is 58.3 Å². The fourth-order valence-corrected chi connectivity index (χ4v) is 4.27. The summed E-state index contributed by atoms with van der Waals surface area (Å²) in [6.45, 7) is 4.55. The van der Waals surface area contributed by atoms with Crippen molar-refractivity contribution < 1.29 is 22.7 Å². The molecule has 0 saturated carbocycles. The van der Waals surface area contributed by atoms with Crippen LogP contribution in [-0.4, -0.2) is 39.1 Å². The van der Waals surface area contributed by atoms with Crippen LogP contribution < -0.4 is 4.72 Å². The van der Waals surface area contributed by atoms with Gasteiger partial charge in [-0.3, -0.25) is 9.52 Å². The molecule has 0 radical (unpaired) electrons. The Bertz CT molecular complexity index is 1240. The van der Waals surface area contributed by atoms with Crippen LogP contribution in [-0.2, 0) is 27.9 Å². The highest BCUT2D eigenvalue weighted by Gasteiger charge is 2.24. The normalized spacial score (nSPS) is 11.7. The molecule has 11 heteroatoms. The predicted octanol–water partition coefficient (Wildman–Crippen LogP) is 3.12. The summed E-state index contributed by atoms with van der Waals surface area (Å²) in [5, 5.41) is 12.4. The topological polar surface area (TPSA) is 127 Å². The lowest BCUT2D eigenvalue weighted by molar-refractivity contribution is -0.137. The van der Waals surface area contributed by atoms with Crippen LogP contribution in [0.3, 0.4) is 0 Å². The molecule has 3 rings (SSSR count). The van der Waals surface area contributed by atoms with Crippen LogP contribution in [0.25, 0.3) is 5.78 Å². The third kappa shape index (κ3) is 4.98. The molecular formula is C20H24FN5O4S. The summed E-state index contributed by atoms with van der Waals surface area (Å²) in [7, 11) is -4.14. The van der Waals surface area contributed by atoms with Gasteiger partial charge in [-0.15, -0.1) is 5.10 Å². The molecule has 3 aromatic rings. The zero-order valence-corrected chi connectivity index (χ0v) is 18.3. The fourth-order valence-electron chi connectivity index (χ4n) is 3.23. The number of nitrogens with zero attached hydrogens (tertiary/aromatic N) is 4. The molecule has 0 bridgehead atoms. The zero-order chi connectivity index (χ0) is 22.8. The molecule has 2 heterocycles. The molecule has 0 unspecified atom stereocenters. The molecule has 9 nitrogen and oxygen atoms in total. The van der Waals surface area contributed by atoms with Crippen molar-refractivity contribution in [1.82, 2.24) is 19.6 Å². The van der Waals surface area contributed by atoms with Crippen LogP contribution in [0.5, 0.6) is 0 Å². The highest BCUT2D eigenvalue weighted by atomic mass is 32.2. The second-order valence-electron chi connectivity index (χ2n) is 7.38. The molecule has 0 aliphatic carbocycles. The monoisotopic (exact) mass is 449 g/mol. The van der Waals surface area contributed by atoms with Gasteiger partial charge in [0.15, 0.2) is 0 Å². The Morgan fingerprint density at radius 3 is 2.61 bits per heavy atom. The maximum absolute atomic E-state index is 13.0. The lowest BCUT2D eigenvalue weighted by Gasteiger charge is -2.16. The van der Waals surface area contributed by atoms with E-state index >= 15 is 0 Å². The SMILES string of the molecule is Cc1ccc(CCCCC(=O)O)c(NS(=O)(=O)c2nc3nc(CF)cc(C)n3n2)c1C. The Balaban J connectivity index is 1.93. The molecule has 0 aliphatic heterocycles. The van der Waals surface area contributed by atoms with Gasteiger partial charge in [0.1, 0.15) is 6.67 Å². The zero-order valence-electron chi connectivity index (χ0n) is 17.5. The van der Waals surface area contributed by atoms with Crippen LogP contribution >= 0.6 is 0 Å². The van der Waals surface area contributed by atoms with Gasteiger partial charge in [0.2, 0.25) is 0 Å². The number of sulfonamides is 1. The third-order valence-corrected chi connectivity index (χ3v) is 6.17. The fraction of sp³-hybridized carbons (Fsp3) is 0.400. The molecule has 0 atom stereocenters. The molecule has 0 fully saturated rings. The van der Waals surface area contributed by atoms with E-state index in [1.807, 2.05) is 26.0 Å². The minimum atomic E-state index is -4.14. The predicted molar refractivity (Wildman–Crippen MR) is 112 cm³/mol. The minimum absolute atomic E-state index is 0.00267. The van der Waals surface area contributed by atoms with Crippen LogP contribution in [0.1, 0.15) is 47.3 Å². The van der Waals surface area contributed by atoms with Crippen molar-refractivity contribution in [3.8, 4) is 0 Å². The number of aliphatic carboxylic acids is 1. The number of aryl methyl sites for hydroxylation is 3. The molecule has 0 spiro atoms. The van der Waals surface area contributed by atoms with E-state index < -0.39 is 27.8 Å². The smallest absolute Gasteiger partial charge is 0.303 e. The van der Waals surface area contributed by atoms with Crippen molar-refractivity contribution in [1.29, 1.82) is 0 Å². The van der Waals surface area contributed by atoms with Gasteiger partial charge in [-0.1, -0.05) is 12.1 Å². The summed E-state index contributed by atoms with van der Waals surface area (Å²) in [4.78, 5) is 18.7. The van der Waals surface area contributed by atoms with Gasteiger partial charge in [-0.2, -0.15) is 13.4 Å². The van der Waals surface area contributed by atoms with E-state index in [1.165, 1.54) is 10.6 Å². The van der Waals surface area contributed by atoms with Crippen LogP contribution in [0.4, 0.5) is 10.1 Å². The van der Waals surface area contributed by atoms with Gasteiger partial charge in [-0.25, -0.2) is 13.9 Å². The molecule has 0 aliphatic rings. The molecule has 1 aromatic carbocycles. The van der Waals surface area contributed by atoms with E-state index in [0.717, 1.165) is 16.7 Å². The van der Waals surface area contributed by atoms with Crippen molar-refractivity contribution in [3.05, 3.63) is 46.3 Å². The highest BCUT2D eigenvalue weighted by Crippen LogP contribution is 2.28. The number of carboxylic acids is 1. The Labute approximate surface area is 179 Å². The summed E-state index contributed by atoms with van der Waals surface area (Å²) in [5.41, 5.74) is 3.51. The molecule has 0 amide bonds. The van der Waals surface area contributed by atoms with Gasteiger partial charge in [0, 0.05) is 12.1 Å². The first-order chi connectivity index (χ1) is 14.6. The lowest BCUT2D eigenvalue weighted by Crippen LogP contribution is -2.17. The van der Waals surface area contributed by atoms with E-state index in [-0.39, 0.29) is 17.9 Å². The number of carbonyl (C=O) groups is 1. The number of anilines is 1. The number of unbranched alkanes of at least 4 members (excludes halogenated alkanes) is 1. The largest absolute Gasteiger partial charge is 0.481 e. The van der Waals surface area contributed by atoms with Crippen molar-refractivity contribution in [2.24, 2.45) is 0 Å². The van der Waals surface area contributed by atoms with Crippen molar-refractivity contribution in [2.75, 3.05) is 4.72 Å². The second-order valence-corrected chi connectivity index (χ2v) is 8.95. The number of nitrogens with one attached hydrogen (secondary N) is 1. The van der Waals surface area contributed by atoms with E-state index in [0.29, 0.717) is 30.6 Å². The summed E-state index contributed by atoms with van der Waals surface area (Å²) in [6.07, 6.45) is 1.67. The van der Waals surface area contributed by atoms with Crippen LogP contribution in [0, 0.1) is 20.8 Å². The number of alkyl halides is 1. The van der Waals surface area contributed by atoms with Gasteiger partial charge >= 0.3 is 5.97 Å². The number of aromatic nitrogens is 4. The molecular weight excluding hydrogens is 425 g/mol. The van der Waals surface area contributed by atoms with Gasteiger partial charge in [-0.05, 0) is 62.8 Å². The first kappa shape index (κ1) is 22.6. The molecule has 0 saturated heterocycles. The van der Waals surface area contributed by atoms with Gasteiger partial charge in [0.25, 0.3) is 21.0 Å². The first-order valence-electron chi connectivity index (χ1n) is 9.75. The molecule has 2 aromatic heterocycles. The number of fused-ring (bicyclic) bond motifs is 1. The van der Waals surface area contributed by atoms with Crippen LogP contribution in [0.2, 0.25) is 0 Å². The average molecular weight is 450 g/mol. The maximum Gasteiger partial charge on any atom is 0.303 e. The number of carboxylic acid groups (broad SMARTS) is 1. The Morgan fingerprint density at radius 2 is 1.94 bits per heavy atom. The lowest BCUT2D eigenvalue weighted by atomic mass is 9.99. The number of rotatable bonds is 9. The summed E-state index contributed by atoms with van der Waals surface area (Å²) in [5.74, 6) is -0.860. The Hall–Kier alpha value is -3.08. The third-order valence-electron chi connectivity index (χ3n) is 5.05. The first-order valence-corrected chi connectivity index (χ1v) is 11.2. The Kier molecular flexibility index (Phi) is 6.54. The number of benzene rings is 1. The van der Waals surface area contributed by atoms with E-state index in [9.17, 15) is 17.6 Å². The van der Waals surface area contributed by atoms with Crippen LogP contribution in [0.15, 0.2) is 23.4 Å². The van der Waals surface area contributed by atoms with E-state index in [2.05, 4.69) is 19.8 Å². The van der Waals surface area contributed by atoms with Crippen molar-refractivity contribution in [3.63, 3.8) is 0 Å². The van der Waals surface area contributed by atoms with Crippen molar-refractivity contribution >= 4 is 27.5 Å². The summed E-state index contributed by atoms with van der Waals surface area (Å²) in [6, 6.07) is 5.21. The van der Waals surface area contributed by atoms with Gasteiger partial charge in [0.05, 0.1) is 11.4 Å². The maximum atomic E-state index is 13.0. The highest BCUT2D eigenvalue weighted by molar-refractivity contribution is 7.92. The summed E-state index contributed by atoms with van der Waals surface area (Å²) >= 11 is 0. The Morgan fingerprint density at radius 1 is 1.19 bits per heavy atom. The van der Waals surface area contributed by atoms with E-state index in [1.54, 1.807) is 6.92 Å².